The largest absolute Gasteiger partial charge is 0.351 e. The molecule has 162 valence electrons. The molecule has 9 heteroatoms. The Bertz CT molecular complexity index is 1160. The summed E-state index contributed by atoms with van der Waals surface area (Å²) in [6.45, 7) is 2.12. The zero-order valence-electron chi connectivity index (χ0n) is 17.2. The standard InChI is InChI=1S/C23H21N5O3S/c1-14-2-4-15(5-3-14)19(28-22(30)20-11-10-18(12-24)32-20)13-26-21(29)16-6-8-17(9-7-16)27-23(25)31/h2-11,19H,13H2,1H3,(H,26,29)(H,28,30)(H3,25,27,31). The molecule has 0 spiro atoms. The molecule has 8 nitrogen and oxygen atoms in total. The van der Waals surface area contributed by atoms with Crippen molar-refractivity contribution in [3.8, 4) is 6.07 Å². The first kappa shape index (κ1) is 22.5. The van der Waals surface area contributed by atoms with Gasteiger partial charge in [0.05, 0.1) is 10.9 Å². The van der Waals surface area contributed by atoms with Gasteiger partial charge in [0.2, 0.25) is 0 Å². The third-order valence-electron chi connectivity index (χ3n) is 4.61. The molecule has 0 radical (unpaired) electrons. The number of nitrogens with zero attached hydrogens (tertiary/aromatic N) is 1. The first-order chi connectivity index (χ1) is 15.4. The number of benzene rings is 2. The van der Waals surface area contributed by atoms with Crippen molar-refractivity contribution < 1.29 is 14.4 Å². The van der Waals surface area contributed by atoms with E-state index in [0.717, 1.165) is 22.5 Å². The van der Waals surface area contributed by atoms with Crippen LogP contribution in [0.2, 0.25) is 0 Å². The number of carbonyl (C=O) groups is 3. The molecule has 1 atom stereocenters. The summed E-state index contributed by atoms with van der Waals surface area (Å²) in [5, 5.41) is 17.2. The number of primary amides is 1. The second-order valence-electron chi connectivity index (χ2n) is 6.99. The molecule has 0 saturated carbocycles. The van der Waals surface area contributed by atoms with Gasteiger partial charge in [-0.1, -0.05) is 29.8 Å². The van der Waals surface area contributed by atoms with Crippen molar-refractivity contribution in [1.29, 1.82) is 5.26 Å². The third kappa shape index (κ3) is 5.93. The molecular formula is C23H21N5O3S. The normalized spacial score (nSPS) is 11.1. The minimum absolute atomic E-state index is 0.158. The maximum Gasteiger partial charge on any atom is 0.316 e. The fourth-order valence-electron chi connectivity index (χ4n) is 2.94. The number of anilines is 1. The molecule has 0 aliphatic carbocycles. The SMILES string of the molecule is Cc1ccc(C(CNC(=O)c2ccc(NC(N)=O)cc2)NC(=O)c2ccc(C#N)s2)cc1. The minimum atomic E-state index is -0.688. The average Bonchev–Trinajstić information content (AvgIpc) is 3.26. The number of urea groups is 1. The summed E-state index contributed by atoms with van der Waals surface area (Å²) >= 11 is 1.11. The molecule has 0 bridgehead atoms. The van der Waals surface area contributed by atoms with Crippen LogP contribution in [0.1, 0.15) is 42.1 Å². The third-order valence-corrected chi connectivity index (χ3v) is 5.60. The van der Waals surface area contributed by atoms with Crippen LogP contribution >= 0.6 is 11.3 Å². The molecule has 5 N–H and O–H groups in total. The maximum absolute atomic E-state index is 12.7. The van der Waals surface area contributed by atoms with Crippen LogP contribution in [-0.2, 0) is 0 Å². The predicted octanol–water partition coefficient (Wildman–Crippen LogP) is 3.32. The molecule has 1 heterocycles. The Morgan fingerprint density at radius 1 is 1.00 bits per heavy atom. The lowest BCUT2D eigenvalue weighted by Gasteiger charge is -2.20. The lowest BCUT2D eigenvalue weighted by Crippen LogP contribution is -2.37. The molecule has 1 unspecified atom stereocenters. The Balaban J connectivity index is 1.71. The summed E-state index contributed by atoms with van der Waals surface area (Å²) in [5.41, 5.74) is 7.86. The van der Waals surface area contributed by atoms with Crippen molar-refractivity contribution in [3.05, 3.63) is 87.1 Å². The van der Waals surface area contributed by atoms with Crippen LogP contribution in [0.15, 0.2) is 60.7 Å². The highest BCUT2D eigenvalue weighted by Gasteiger charge is 2.19. The summed E-state index contributed by atoms with van der Waals surface area (Å²) in [5.74, 6) is -0.650. The van der Waals surface area contributed by atoms with Gasteiger partial charge in [-0.15, -0.1) is 11.3 Å². The monoisotopic (exact) mass is 447 g/mol. The van der Waals surface area contributed by atoms with E-state index in [1.165, 1.54) is 0 Å². The van der Waals surface area contributed by atoms with Crippen molar-refractivity contribution in [2.24, 2.45) is 5.73 Å². The van der Waals surface area contributed by atoms with Gasteiger partial charge < -0.3 is 21.7 Å². The molecule has 0 fully saturated rings. The zero-order valence-corrected chi connectivity index (χ0v) is 18.0. The van der Waals surface area contributed by atoms with E-state index in [9.17, 15) is 14.4 Å². The Labute approximate surface area is 189 Å². The van der Waals surface area contributed by atoms with Crippen LogP contribution < -0.4 is 21.7 Å². The van der Waals surface area contributed by atoms with Crippen molar-refractivity contribution in [3.63, 3.8) is 0 Å². The second-order valence-corrected chi connectivity index (χ2v) is 8.07. The number of rotatable bonds is 7. The highest BCUT2D eigenvalue weighted by molar-refractivity contribution is 7.14. The Kier molecular flexibility index (Phi) is 7.21. The molecular weight excluding hydrogens is 426 g/mol. The van der Waals surface area contributed by atoms with Gasteiger partial charge >= 0.3 is 6.03 Å². The van der Waals surface area contributed by atoms with E-state index in [-0.39, 0.29) is 18.4 Å². The molecule has 0 saturated heterocycles. The van der Waals surface area contributed by atoms with Crippen LogP contribution in [0.25, 0.3) is 0 Å². The summed E-state index contributed by atoms with van der Waals surface area (Å²) in [6, 6.07) is 18.0. The van der Waals surface area contributed by atoms with E-state index in [1.54, 1.807) is 36.4 Å². The van der Waals surface area contributed by atoms with Gasteiger partial charge in [0.1, 0.15) is 10.9 Å². The number of hydrogen-bond acceptors (Lipinski definition) is 5. The van der Waals surface area contributed by atoms with Crippen molar-refractivity contribution in [2.45, 2.75) is 13.0 Å². The van der Waals surface area contributed by atoms with Gasteiger partial charge in [0, 0.05) is 17.8 Å². The van der Waals surface area contributed by atoms with E-state index in [2.05, 4.69) is 16.0 Å². The van der Waals surface area contributed by atoms with E-state index < -0.39 is 12.1 Å². The molecule has 2 aromatic carbocycles. The van der Waals surface area contributed by atoms with Gasteiger partial charge in [0.25, 0.3) is 11.8 Å². The molecule has 0 aliphatic heterocycles. The predicted molar refractivity (Wildman–Crippen MR) is 122 cm³/mol. The van der Waals surface area contributed by atoms with Gasteiger partial charge in [-0.25, -0.2) is 4.79 Å². The Morgan fingerprint density at radius 3 is 2.28 bits per heavy atom. The summed E-state index contributed by atoms with van der Waals surface area (Å²) in [6.07, 6.45) is 0. The van der Waals surface area contributed by atoms with Crippen molar-refractivity contribution >= 4 is 34.9 Å². The van der Waals surface area contributed by atoms with Gasteiger partial charge in [-0.2, -0.15) is 5.26 Å². The van der Waals surface area contributed by atoms with Crippen molar-refractivity contribution in [2.75, 3.05) is 11.9 Å². The Morgan fingerprint density at radius 2 is 1.69 bits per heavy atom. The fourth-order valence-corrected chi connectivity index (χ4v) is 3.65. The Hall–Kier alpha value is -4.16. The number of carbonyl (C=O) groups excluding carboxylic acids is 3. The number of aryl methyl sites for hydroxylation is 1. The second kappa shape index (κ2) is 10.2. The maximum atomic E-state index is 12.7. The number of nitriles is 1. The molecule has 1 aromatic heterocycles. The van der Waals surface area contributed by atoms with Crippen molar-refractivity contribution in [1.82, 2.24) is 10.6 Å². The number of thiophene rings is 1. The first-order valence-electron chi connectivity index (χ1n) is 9.68. The lowest BCUT2D eigenvalue weighted by molar-refractivity contribution is 0.0911. The van der Waals surface area contributed by atoms with Crippen LogP contribution in [0.5, 0.6) is 0 Å². The van der Waals surface area contributed by atoms with Gasteiger partial charge in [0.15, 0.2) is 0 Å². The van der Waals surface area contributed by atoms with Gasteiger partial charge in [-0.3, -0.25) is 9.59 Å². The van der Waals surface area contributed by atoms with E-state index in [4.69, 9.17) is 11.0 Å². The molecule has 32 heavy (non-hydrogen) atoms. The summed E-state index contributed by atoms with van der Waals surface area (Å²) < 4.78 is 0. The average molecular weight is 448 g/mol. The summed E-state index contributed by atoms with van der Waals surface area (Å²) in [7, 11) is 0. The topological polar surface area (TPSA) is 137 Å². The zero-order chi connectivity index (χ0) is 23.1. The fraction of sp³-hybridized carbons (Fsp3) is 0.130. The number of amides is 4. The highest BCUT2D eigenvalue weighted by Crippen LogP contribution is 2.19. The molecule has 0 aliphatic rings. The first-order valence-corrected chi connectivity index (χ1v) is 10.5. The number of hydrogen-bond donors (Lipinski definition) is 4. The molecule has 3 rings (SSSR count). The quantitative estimate of drug-likeness (QED) is 0.441. The molecule has 3 aromatic rings. The number of nitrogens with one attached hydrogen (secondary N) is 3. The minimum Gasteiger partial charge on any atom is -0.351 e. The van der Waals surface area contributed by atoms with Crippen LogP contribution in [0.4, 0.5) is 10.5 Å². The smallest absolute Gasteiger partial charge is 0.316 e. The highest BCUT2D eigenvalue weighted by atomic mass is 32.1. The molecule has 4 amide bonds. The van der Waals surface area contributed by atoms with E-state index in [0.29, 0.717) is 21.0 Å². The van der Waals surface area contributed by atoms with E-state index in [1.807, 2.05) is 37.3 Å². The number of nitrogens with two attached hydrogens (primary N) is 1. The van der Waals surface area contributed by atoms with Crippen LogP contribution in [0, 0.1) is 18.3 Å². The lowest BCUT2D eigenvalue weighted by atomic mass is 10.0. The van der Waals surface area contributed by atoms with Crippen LogP contribution in [-0.4, -0.2) is 24.4 Å². The van der Waals surface area contributed by atoms with E-state index >= 15 is 0 Å². The summed E-state index contributed by atoms with van der Waals surface area (Å²) in [4.78, 5) is 37.1. The van der Waals surface area contributed by atoms with Gasteiger partial charge in [-0.05, 0) is 48.9 Å². The van der Waals surface area contributed by atoms with Crippen LogP contribution in [0.3, 0.4) is 0 Å².